The van der Waals surface area contributed by atoms with Crippen molar-refractivity contribution in [2.24, 2.45) is 0 Å². The summed E-state index contributed by atoms with van der Waals surface area (Å²) in [6.45, 7) is 0. The molecule has 0 spiro atoms. The molecular weight excluding hydrogens is 277 g/mol. The first-order valence-electron chi connectivity index (χ1n) is 4.43. The van der Waals surface area contributed by atoms with Gasteiger partial charge in [-0.05, 0) is 17.7 Å². The maximum atomic E-state index is 5.88. The van der Waals surface area contributed by atoms with Crippen molar-refractivity contribution >= 4 is 38.4 Å². The lowest BCUT2D eigenvalue weighted by Crippen LogP contribution is -1.89. The number of ether oxygens (including phenoxy) is 1. The molecule has 0 atom stereocenters. The summed E-state index contributed by atoms with van der Waals surface area (Å²) in [7, 11) is 1.63. The first-order valence-corrected chi connectivity index (χ1v) is 5.93. The van der Waals surface area contributed by atoms with Gasteiger partial charge in [0.1, 0.15) is 10.9 Å². The van der Waals surface area contributed by atoms with Gasteiger partial charge < -0.3 is 4.74 Å². The zero-order chi connectivity index (χ0) is 10.8. The van der Waals surface area contributed by atoms with Gasteiger partial charge >= 0.3 is 0 Å². The third-order valence-corrected chi connectivity index (χ3v) is 3.02. The molecule has 0 amide bonds. The van der Waals surface area contributed by atoms with Crippen molar-refractivity contribution in [1.82, 2.24) is 4.98 Å². The Bertz CT molecular complexity index is 501. The van der Waals surface area contributed by atoms with Gasteiger partial charge in [0.2, 0.25) is 0 Å². The van der Waals surface area contributed by atoms with E-state index in [9.17, 15) is 0 Å². The van der Waals surface area contributed by atoms with E-state index in [2.05, 4.69) is 20.9 Å². The average Bonchev–Trinajstić information content (AvgIpc) is 2.27. The maximum absolute atomic E-state index is 5.88. The van der Waals surface area contributed by atoms with Crippen LogP contribution in [-0.2, 0) is 5.33 Å². The molecule has 0 bridgehead atoms. The molecule has 4 heteroatoms. The van der Waals surface area contributed by atoms with Gasteiger partial charge in [-0.2, -0.15) is 0 Å². The number of halogens is 2. The van der Waals surface area contributed by atoms with Crippen molar-refractivity contribution in [3.8, 4) is 5.75 Å². The van der Waals surface area contributed by atoms with Gasteiger partial charge in [-0.25, -0.2) is 4.98 Å². The summed E-state index contributed by atoms with van der Waals surface area (Å²) in [6.07, 6.45) is 0. The van der Waals surface area contributed by atoms with Crippen LogP contribution in [0.5, 0.6) is 5.75 Å². The number of fused-ring (bicyclic) bond motifs is 1. The predicted octanol–water partition coefficient (Wildman–Crippen LogP) is 3.79. The highest BCUT2D eigenvalue weighted by Crippen LogP contribution is 2.28. The average molecular weight is 287 g/mol. The second-order valence-electron chi connectivity index (χ2n) is 3.13. The lowest BCUT2D eigenvalue weighted by molar-refractivity contribution is 0.419. The number of pyridine rings is 1. The molecule has 0 saturated heterocycles. The molecule has 78 valence electrons. The van der Waals surface area contributed by atoms with Crippen LogP contribution in [0.2, 0.25) is 5.15 Å². The van der Waals surface area contributed by atoms with E-state index in [1.807, 2.05) is 18.2 Å². The lowest BCUT2D eigenvalue weighted by Gasteiger charge is -2.06. The van der Waals surface area contributed by atoms with E-state index in [1.54, 1.807) is 13.2 Å². The van der Waals surface area contributed by atoms with Crippen LogP contribution in [0.4, 0.5) is 0 Å². The van der Waals surface area contributed by atoms with Crippen LogP contribution in [-0.4, -0.2) is 12.1 Å². The molecular formula is C11H9BrClNO. The van der Waals surface area contributed by atoms with Crippen LogP contribution in [0.3, 0.4) is 0 Å². The number of aromatic nitrogens is 1. The second kappa shape index (κ2) is 4.37. The standard InChI is InChI=1S/C11H9BrClNO/c1-15-10-5-11(13)14-9-3-2-7(6-12)4-8(9)10/h2-5H,6H2,1H3. The van der Waals surface area contributed by atoms with E-state index in [0.717, 1.165) is 22.0 Å². The smallest absolute Gasteiger partial charge is 0.133 e. The highest BCUT2D eigenvalue weighted by Gasteiger charge is 2.05. The molecule has 2 rings (SSSR count). The number of nitrogens with zero attached hydrogens (tertiary/aromatic N) is 1. The topological polar surface area (TPSA) is 22.1 Å². The monoisotopic (exact) mass is 285 g/mol. The molecule has 0 fully saturated rings. The van der Waals surface area contributed by atoms with Gasteiger partial charge in [0.05, 0.1) is 12.6 Å². The number of methoxy groups -OCH3 is 1. The fourth-order valence-electron chi connectivity index (χ4n) is 1.46. The van der Waals surface area contributed by atoms with Gasteiger partial charge in [-0.15, -0.1) is 0 Å². The summed E-state index contributed by atoms with van der Waals surface area (Å²) >= 11 is 9.29. The number of alkyl halides is 1. The summed E-state index contributed by atoms with van der Waals surface area (Å²) in [6, 6.07) is 7.73. The summed E-state index contributed by atoms with van der Waals surface area (Å²) < 4.78 is 5.27. The van der Waals surface area contributed by atoms with Crippen molar-refractivity contribution in [3.05, 3.63) is 35.0 Å². The van der Waals surface area contributed by atoms with E-state index in [0.29, 0.717) is 5.15 Å². The van der Waals surface area contributed by atoms with Crippen molar-refractivity contribution in [2.75, 3.05) is 7.11 Å². The molecule has 0 saturated carbocycles. The minimum Gasteiger partial charge on any atom is -0.496 e. The van der Waals surface area contributed by atoms with E-state index in [-0.39, 0.29) is 0 Å². The fraction of sp³-hybridized carbons (Fsp3) is 0.182. The minimum atomic E-state index is 0.450. The predicted molar refractivity (Wildman–Crippen MR) is 65.9 cm³/mol. The Labute approximate surface area is 101 Å². The van der Waals surface area contributed by atoms with Crippen molar-refractivity contribution in [3.63, 3.8) is 0 Å². The SMILES string of the molecule is COc1cc(Cl)nc2ccc(CBr)cc12. The molecule has 0 N–H and O–H groups in total. The summed E-state index contributed by atoms with van der Waals surface area (Å²) in [5, 5.41) is 2.25. The summed E-state index contributed by atoms with van der Waals surface area (Å²) in [4.78, 5) is 4.23. The third-order valence-electron chi connectivity index (χ3n) is 2.18. The zero-order valence-corrected chi connectivity index (χ0v) is 10.5. The van der Waals surface area contributed by atoms with E-state index < -0.39 is 0 Å². The second-order valence-corrected chi connectivity index (χ2v) is 4.08. The molecule has 0 aliphatic carbocycles. The zero-order valence-electron chi connectivity index (χ0n) is 8.13. The number of hydrogen-bond acceptors (Lipinski definition) is 2. The van der Waals surface area contributed by atoms with Crippen molar-refractivity contribution in [1.29, 1.82) is 0 Å². The first kappa shape index (κ1) is 10.7. The molecule has 0 radical (unpaired) electrons. The maximum Gasteiger partial charge on any atom is 0.133 e. The van der Waals surface area contributed by atoms with Crippen LogP contribution in [0, 0.1) is 0 Å². The Morgan fingerprint density at radius 2 is 2.20 bits per heavy atom. The Morgan fingerprint density at radius 3 is 2.87 bits per heavy atom. The number of benzene rings is 1. The molecule has 0 unspecified atom stereocenters. The normalized spacial score (nSPS) is 10.6. The van der Waals surface area contributed by atoms with Crippen LogP contribution < -0.4 is 4.74 Å². The molecule has 1 aromatic carbocycles. The summed E-state index contributed by atoms with van der Waals surface area (Å²) in [5.41, 5.74) is 2.04. The van der Waals surface area contributed by atoms with Crippen LogP contribution >= 0.6 is 27.5 Å². The highest BCUT2D eigenvalue weighted by molar-refractivity contribution is 9.08. The van der Waals surface area contributed by atoms with Crippen LogP contribution in [0.1, 0.15) is 5.56 Å². The summed E-state index contributed by atoms with van der Waals surface area (Å²) in [5.74, 6) is 0.757. The van der Waals surface area contributed by atoms with Gasteiger partial charge in [-0.3, -0.25) is 0 Å². The molecule has 15 heavy (non-hydrogen) atoms. The molecule has 2 nitrogen and oxygen atoms in total. The number of rotatable bonds is 2. The van der Waals surface area contributed by atoms with Crippen molar-refractivity contribution < 1.29 is 4.74 Å². The van der Waals surface area contributed by atoms with E-state index >= 15 is 0 Å². The molecule has 2 aromatic rings. The van der Waals surface area contributed by atoms with Gasteiger partial charge in [0.25, 0.3) is 0 Å². The molecule has 0 aliphatic rings. The Hall–Kier alpha value is -0.800. The van der Waals surface area contributed by atoms with Crippen LogP contribution in [0.15, 0.2) is 24.3 Å². The van der Waals surface area contributed by atoms with E-state index in [4.69, 9.17) is 16.3 Å². The minimum absolute atomic E-state index is 0.450. The third kappa shape index (κ3) is 2.08. The van der Waals surface area contributed by atoms with Gasteiger partial charge in [0, 0.05) is 16.8 Å². The Kier molecular flexibility index (Phi) is 3.12. The molecule has 1 aromatic heterocycles. The lowest BCUT2D eigenvalue weighted by atomic mass is 10.1. The molecule has 0 aliphatic heterocycles. The van der Waals surface area contributed by atoms with Crippen LogP contribution in [0.25, 0.3) is 10.9 Å². The van der Waals surface area contributed by atoms with Crippen molar-refractivity contribution in [2.45, 2.75) is 5.33 Å². The fourth-order valence-corrected chi connectivity index (χ4v) is 2.00. The van der Waals surface area contributed by atoms with E-state index in [1.165, 1.54) is 5.56 Å². The van der Waals surface area contributed by atoms with Gasteiger partial charge in [0.15, 0.2) is 0 Å². The Balaban J connectivity index is 2.73. The number of hydrogen-bond donors (Lipinski definition) is 0. The van der Waals surface area contributed by atoms with Gasteiger partial charge in [-0.1, -0.05) is 33.6 Å². The first-order chi connectivity index (χ1) is 7.24. The largest absolute Gasteiger partial charge is 0.496 e. The molecule has 1 heterocycles. The quantitative estimate of drug-likeness (QED) is 0.619. The highest BCUT2D eigenvalue weighted by atomic mass is 79.9. The Morgan fingerprint density at radius 1 is 1.40 bits per heavy atom.